The zero-order valence-electron chi connectivity index (χ0n) is 17.5. The third-order valence-corrected chi connectivity index (χ3v) is 7.32. The largest absolute Gasteiger partial charge is 0.494 e. The number of fused-ring (bicyclic) bond motifs is 1. The third-order valence-electron chi connectivity index (χ3n) is 5.21. The highest BCUT2D eigenvalue weighted by molar-refractivity contribution is 7.99. The molecule has 7 heteroatoms. The van der Waals surface area contributed by atoms with Crippen LogP contribution in [0.3, 0.4) is 0 Å². The summed E-state index contributed by atoms with van der Waals surface area (Å²) in [6, 6.07) is 11.8. The number of aromatic nitrogens is 1. The van der Waals surface area contributed by atoms with Crippen LogP contribution in [-0.2, 0) is 4.74 Å². The molecule has 1 atom stereocenters. The average Bonchev–Trinajstić information content (AvgIpc) is 3.43. The molecule has 0 radical (unpaired) electrons. The zero-order valence-corrected chi connectivity index (χ0v) is 19.1. The molecule has 1 fully saturated rings. The van der Waals surface area contributed by atoms with Crippen molar-refractivity contribution in [3.63, 3.8) is 0 Å². The number of hydrogen-bond acceptors (Lipinski definition) is 6. The highest BCUT2D eigenvalue weighted by atomic mass is 32.2. The number of anilines is 1. The lowest BCUT2D eigenvalue weighted by Gasteiger charge is -2.23. The lowest BCUT2D eigenvalue weighted by molar-refractivity contribution is 0.0917. The molecule has 2 aromatic carbocycles. The molecular weight excluding hydrogens is 416 g/mol. The SMILES string of the molecule is CCSc1ccc(C(=O)N(CC2CCCO2)c2nc3c(OC)ccc(C)c3s2)cc1. The van der Waals surface area contributed by atoms with Crippen LogP contribution in [0.15, 0.2) is 41.3 Å². The first kappa shape index (κ1) is 21.2. The van der Waals surface area contributed by atoms with Gasteiger partial charge in [-0.15, -0.1) is 11.8 Å². The summed E-state index contributed by atoms with van der Waals surface area (Å²) in [6.45, 7) is 5.43. The van der Waals surface area contributed by atoms with Crippen LogP contribution in [0.4, 0.5) is 5.13 Å². The van der Waals surface area contributed by atoms with Gasteiger partial charge in [0.1, 0.15) is 11.3 Å². The van der Waals surface area contributed by atoms with Gasteiger partial charge < -0.3 is 9.47 Å². The van der Waals surface area contributed by atoms with Crippen molar-refractivity contribution < 1.29 is 14.3 Å². The first-order valence-corrected chi connectivity index (χ1v) is 12.0. The number of thioether (sulfide) groups is 1. The Morgan fingerprint density at radius 3 is 2.77 bits per heavy atom. The summed E-state index contributed by atoms with van der Waals surface area (Å²) in [7, 11) is 1.65. The number of hydrogen-bond donors (Lipinski definition) is 0. The Balaban J connectivity index is 1.71. The van der Waals surface area contributed by atoms with Gasteiger partial charge >= 0.3 is 0 Å². The molecule has 30 heavy (non-hydrogen) atoms. The lowest BCUT2D eigenvalue weighted by atomic mass is 10.2. The van der Waals surface area contributed by atoms with Gasteiger partial charge in [0, 0.05) is 17.1 Å². The Kier molecular flexibility index (Phi) is 6.61. The molecule has 0 saturated carbocycles. The molecule has 0 aliphatic carbocycles. The van der Waals surface area contributed by atoms with Gasteiger partial charge in [-0.3, -0.25) is 9.69 Å². The van der Waals surface area contributed by atoms with E-state index in [0.717, 1.165) is 46.7 Å². The Hall–Kier alpha value is -2.09. The van der Waals surface area contributed by atoms with Gasteiger partial charge in [-0.2, -0.15) is 0 Å². The molecule has 1 saturated heterocycles. The number of benzene rings is 2. The quantitative estimate of drug-likeness (QED) is 0.449. The van der Waals surface area contributed by atoms with E-state index in [1.165, 1.54) is 16.2 Å². The molecule has 1 aliphatic rings. The van der Waals surface area contributed by atoms with E-state index in [4.69, 9.17) is 14.5 Å². The van der Waals surface area contributed by atoms with Crippen molar-refractivity contribution in [3.05, 3.63) is 47.5 Å². The van der Waals surface area contributed by atoms with E-state index in [9.17, 15) is 4.79 Å². The molecule has 1 amide bonds. The van der Waals surface area contributed by atoms with Crippen molar-refractivity contribution in [2.75, 3.05) is 30.9 Å². The Bertz CT molecular complexity index is 1030. The van der Waals surface area contributed by atoms with Crippen molar-refractivity contribution in [3.8, 4) is 5.75 Å². The van der Waals surface area contributed by atoms with Gasteiger partial charge in [-0.1, -0.05) is 24.3 Å². The summed E-state index contributed by atoms with van der Waals surface area (Å²) in [5.41, 5.74) is 2.59. The van der Waals surface area contributed by atoms with Crippen LogP contribution < -0.4 is 9.64 Å². The number of amides is 1. The molecule has 0 N–H and O–H groups in total. The standard InChI is InChI=1S/C23H26N2O3S2/c1-4-29-18-10-8-16(9-11-18)22(26)25(14-17-6-5-13-28-17)23-24-20-19(27-3)12-7-15(2)21(20)30-23/h7-12,17H,4-6,13-14H2,1-3H3. The number of carbonyl (C=O) groups excluding carboxylic acids is 1. The van der Waals surface area contributed by atoms with Gasteiger partial charge in [0.2, 0.25) is 0 Å². The van der Waals surface area contributed by atoms with E-state index in [1.807, 2.05) is 36.4 Å². The van der Waals surface area contributed by atoms with Gasteiger partial charge in [0.05, 0.1) is 24.5 Å². The number of thiazole rings is 1. The normalized spacial score (nSPS) is 16.2. The second-order valence-corrected chi connectivity index (χ2v) is 9.58. The monoisotopic (exact) mass is 442 g/mol. The van der Waals surface area contributed by atoms with E-state index >= 15 is 0 Å². The highest BCUT2D eigenvalue weighted by Crippen LogP contribution is 2.37. The maximum absolute atomic E-state index is 13.5. The molecule has 5 nitrogen and oxygen atoms in total. The van der Waals surface area contributed by atoms with Crippen LogP contribution in [0, 0.1) is 6.92 Å². The van der Waals surface area contributed by atoms with Gasteiger partial charge in [-0.25, -0.2) is 4.98 Å². The van der Waals surface area contributed by atoms with Crippen molar-refractivity contribution in [2.24, 2.45) is 0 Å². The fourth-order valence-electron chi connectivity index (χ4n) is 3.63. The number of rotatable bonds is 7. The van der Waals surface area contributed by atoms with Crippen LogP contribution in [0.2, 0.25) is 0 Å². The minimum absolute atomic E-state index is 0.0406. The van der Waals surface area contributed by atoms with Crippen LogP contribution >= 0.6 is 23.1 Å². The number of aryl methyl sites for hydroxylation is 1. The van der Waals surface area contributed by atoms with Crippen molar-refractivity contribution >= 4 is 44.4 Å². The lowest BCUT2D eigenvalue weighted by Crippen LogP contribution is -2.37. The van der Waals surface area contributed by atoms with Crippen LogP contribution in [-0.4, -0.2) is 43.0 Å². The molecule has 2 heterocycles. The smallest absolute Gasteiger partial charge is 0.260 e. The van der Waals surface area contributed by atoms with Gasteiger partial charge in [0.15, 0.2) is 5.13 Å². The molecule has 1 aliphatic heterocycles. The summed E-state index contributed by atoms with van der Waals surface area (Å²) in [4.78, 5) is 21.3. The van der Waals surface area contributed by atoms with E-state index < -0.39 is 0 Å². The predicted molar refractivity (Wildman–Crippen MR) is 124 cm³/mol. The molecule has 158 valence electrons. The number of carbonyl (C=O) groups is 1. The van der Waals surface area contributed by atoms with Crippen molar-refractivity contribution in [2.45, 2.75) is 37.7 Å². The average molecular weight is 443 g/mol. The molecule has 0 bridgehead atoms. The van der Waals surface area contributed by atoms with E-state index in [1.54, 1.807) is 23.8 Å². The van der Waals surface area contributed by atoms with Crippen LogP contribution in [0.25, 0.3) is 10.2 Å². The number of nitrogens with zero attached hydrogens (tertiary/aromatic N) is 2. The summed E-state index contributed by atoms with van der Waals surface area (Å²) >= 11 is 3.30. The summed E-state index contributed by atoms with van der Waals surface area (Å²) in [5, 5.41) is 0.685. The van der Waals surface area contributed by atoms with Crippen LogP contribution in [0.1, 0.15) is 35.7 Å². The predicted octanol–water partition coefficient (Wildman–Crippen LogP) is 5.55. The molecule has 1 aromatic heterocycles. The van der Waals surface area contributed by atoms with E-state index in [2.05, 4.69) is 13.8 Å². The minimum Gasteiger partial charge on any atom is -0.494 e. The molecule has 0 spiro atoms. The summed E-state index contributed by atoms with van der Waals surface area (Å²) in [6.07, 6.45) is 2.03. The Morgan fingerprint density at radius 1 is 1.30 bits per heavy atom. The first-order valence-electron chi connectivity index (χ1n) is 10.2. The topological polar surface area (TPSA) is 51.7 Å². The zero-order chi connectivity index (χ0) is 21.1. The Labute approximate surface area is 185 Å². The second-order valence-electron chi connectivity index (χ2n) is 7.27. The van der Waals surface area contributed by atoms with Crippen molar-refractivity contribution in [1.29, 1.82) is 0 Å². The third kappa shape index (κ3) is 4.33. The fraction of sp³-hybridized carbons (Fsp3) is 0.391. The second kappa shape index (κ2) is 9.37. The maximum atomic E-state index is 13.5. The van der Waals surface area contributed by atoms with Crippen LogP contribution in [0.5, 0.6) is 5.75 Å². The molecular formula is C23H26N2O3S2. The van der Waals surface area contributed by atoms with E-state index in [0.29, 0.717) is 17.2 Å². The van der Waals surface area contributed by atoms with E-state index in [-0.39, 0.29) is 12.0 Å². The highest BCUT2D eigenvalue weighted by Gasteiger charge is 2.27. The summed E-state index contributed by atoms with van der Waals surface area (Å²) in [5.74, 6) is 1.68. The molecule has 1 unspecified atom stereocenters. The Morgan fingerprint density at radius 2 is 2.10 bits per heavy atom. The molecule has 4 rings (SSSR count). The first-order chi connectivity index (χ1) is 14.6. The minimum atomic E-state index is -0.0470. The van der Waals surface area contributed by atoms with Gasteiger partial charge in [0.25, 0.3) is 5.91 Å². The van der Waals surface area contributed by atoms with Gasteiger partial charge in [-0.05, 0) is 61.4 Å². The molecule has 3 aromatic rings. The maximum Gasteiger partial charge on any atom is 0.260 e. The van der Waals surface area contributed by atoms with Crippen molar-refractivity contribution in [1.82, 2.24) is 4.98 Å². The fourth-order valence-corrected chi connectivity index (χ4v) is 5.36. The summed E-state index contributed by atoms with van der Waals surface area (Å²) < 4.78 is 12.4. The number of methoxy groups -OCH3 is 1. The number of ether oxygens (including phenoxy) is 2.